The lowest BCUT2D eigenvalue weighted by Crippen LogP contribution is -2.44. The van der Waals surface area contributed by atoms with Gasteiger partial charge in [0, 0.05) is 31.9 Å². The third kappa shape index (κ3) is 7.79. The van der Waals surface area contributed by atoms with Crippen LogP contribution in [0.15, 0.2) is 12.2 Å². The fourth-order valence-corrected chi connectivity index (χ4v) is 4.36. The van der Waals surface area contributed by atoms with Crippen molar-refractivity contribution in [1.82, 2.24) is 0 Å². The van der Waals surface area contributed by atoms with E-state index in [1.807, 2.05) is 13.8 Å². The van der Waals surface area contributed by atoms with Gasteiger partial charge in [-0.25, -0.2) is 4.79 Å². The first kappa shape index (κ1) is 19.3. The molecule has 118 valence electrons. The summed E-state index contributed by atoms with van der Waals surface area (Å²) in [7, 11) is -0.834. The van der Waals surface area contributed by atoms with Gasteiger partial charge in [-0.05, 0) is 33.1 Å². The van der Waals surface area contributed by atoms with E-state index < -0.39 is 14.8 Å². The van der Waals surface area contributed by atoms with Crippen LogP contribution >= 0.6 is 0 Å². The van der Waals surface area contributed by atoms with Crippen LogP contribution < -0.4 is 0 Å². The molecule has 0 aliphatic heterocycles. The number of hydrogen-bond donors (Lipinski definition) is 1. The molecule has 20 heavy (non-hydrogen) atoms. The lowest BCUT2D eigenvalue weighted by Gasteiger charge is -2.27. The number of carboxylic acid groups (broad SMARTS) is 1. The summed E-state index contributed by atoms with van der Waals surface area (Å²) in [6, 6.07) is 0.811. The maximum absolute atomic E-state index is 10.6. The van der Waals surface area contributed by atoms with Crippen molar-refractivity contribution in [3.05, 3.63) is 12.2 Å². The Hall–Kier alpha value is -0.693. The Balaban J connectivity index is 3.89. The monoisotopic (exact) mass is 304 g/mol. The molecule has 0 saturated heterocycles. The molecule has 0 rings (SSSR count). The highest BCUT2D eigenvalue weighted by atomic mass is 28.4. The van der Waals surface area contributed by atoms with Crippen molar-refractivity contribution >= 4 is 14.8 Å². The zero-order valence-electron chi connectivity index (χ0n) is 12.9. The van der Waals surface area contributed by atoms with Gasteiger partial charge in [-0.15, -0.1) is 0 Å². The minimum atomic E-state index is -2.48. The Kier molecular flexibility index (Phi) is 10.6. The maximum atomic E-state index is 10.6. The molecule has 0 fully saturated rings. The number of rotatable bonds is 13. The second-order valence-corrected chi connectivity index (χ2v) is 7.43. The zero-order valence-corrected chi connectivity index (χ0v) is 13.9. The number of carboxylic acids is 1. The van der Waals surface area contributed by atoms with Gasteiger partial charge in [0.2, 0.25) is 0 Å². The summed E-state index contributed by atoms with van der Waals surface area (Å²) in [5.74, 6) is -0.900. The summed E-state index contributed by atoms with van der Waals surface area (Å²) in [4.78, 5) is 10.6. The smallest absolute Gasteiger partial charge is 0.478 e. The van der Waals surface area contributed by atoms with E-state index in [0.29, 0.717) is 19.6 Å². The van der Waals surface area contributed by atoms with Crippen LogP contribution in [0.3, 0.4) is 0 Å². The largest absolute Gasteiger partial charge is 0.500 e. The highest BCUT2D eigenvalue weighted by Gasteiger charge is 2.38. The molecule has 6 heteroatoms. The molecule has 0 aromatic heterocycles. The molecule has 1 N–H and O–H groups in total. The summed E-state index contributed by atoms with van der Waals surface area (Å²) >= 11 is 0. The minimum absolute atomic E-state index is 0.286. The molecule has 0 spiro atoms. The van der Waals surface area contributed by atoms with E-state index in [9.17, 15) is 4.79 Å². The molecule has 0 heterocycles. The van der Waals surface area contributed by atoms with Crippen molar-refractivity contribution in [3.63, 3.8) is 0 Å². The summed E-state index contributed by atoms with van der Waals surface area (Å²) in [5.41, 5.74) is 0.286. The van der Waals surface area contributed by atoms with Crippen molar-refractivity contribution in [2.24, 2.45) is 0 Å². The Morgan fingerprint density at radius 3 is 2.10 bits per heavy atom. The van der Waals surface area contributed by atoms with Gasteiger partial charge in [0.1, 0.15) is 0 Å². The lowest BCUT2D eigenvalue weighted by molar-refractivity contribution is -0.132. The molecule has 0 aliphatic carbocycles. The molecule has 0 aromatic rings. The third-order valence-corrected chi connectivity index (χ3v) is 6.10. The maximum Gasteiger partial charge on any atom is 0.500 e. The molecule has 0 atom stereocenters. The summed E-state index contributed by atoms with van der Waals surface area (Å²) in [6.07, 6.45) is 4.39. The van der Waals surface area contributed by atoms with Crippen LogP contribution in [0.25, 0.3) is 0 Å². The predicted molar refractivity (Wildman–Crippen MR) is 80.7 cm³/mol. The molecular formula is C14H28O5Si. The van der Waals surface area contributed by atoms with E-state index in [1.54, 1.807) is 7.11 Å². The number of hydrogen-bond acceptors (Lipinski definition) is 4. The molecule has 0 aliphatic rings. The first-order valence-electron chi connectivity index (χ1n) is 7.25. The van der Waals surface area contributed by atoms with E-state index in [1.165, 1.54) is 0 Å². The van der Waals surface area contributed by atoms with E-state index >= 15 is 0 Å². The molecule has 0 unspecified atom stereocenters. The Bertz CT molecular complexity index is 287. The van der Waals surface area contributed by atoms with E-state index in [2.05, 4.69) is 6.58 Å². The molecule has 0 saturated carbocycles. The highest BCUT2D eigenvalue weighted by molar-refractivity contribution is 6.60. The van der Waals surface area contributed by atoms with Gasteiger partial charge in [-0.1, -0.05) is 19.4 Å². The van der Waals surface area contributed by atoms with Crippen molar-refractivity contribution < 1.29 is 23.2 Å². The molecular weight excluding hydrogens is 276 g/mol. The average molecular weight is 304 g/mol. The summed E-state index contributed by atoms with van der Waals surface area (Å²) in [5, 5.41) is 8.70. The van der Waals surface area contributed by atoms with Gasteiger partial charge < -0.3 is 18.4 Å². The second-order valence-electron chi connectivity index (χ2n) is 4.58. The Morgan fingerprint density at radius 1 is 1.10 bits per heavy atom. The second kappa shape index (κ2) is 11.0. The SMILES string of the molecule is C=C(CCCCCC[Si](OC)(OCC)OCC)C(=O)O. The Morgan fingerprint density at radius 2 is 1.65 bits per heavy atom. The van der Waals surface area contributed by atoms with Gasteiger partial charge in [0.05, 0.1) is 0 Å². The zero-order chi connectivity index (χ0) is 15.4. The van der Waals surface area contributed by atoms with Gasteiger partial charge in [-0.3, -0.25) is 0 Å². The molecule has 0 bridgehead atoms. The fourth-order valence-electron chi connectivity index (χ4n) is 1.99. The predicted octanol–water partition coefficient (Wildman–Crippen LogP) is 3.24. The summed E-state index contributed by atoms with van der Waals surface area (Å²) < 4.78 is 16.9. The first-order valence-corrected chi connectivity index (χ1v) is 9.18. The number of unbranched alkanes of at least 4 members (excludes halogenated alkanes) is 3. The topological polar surface area (TPSA) is 65.0 Å². The number of carbonyl (C=O) groups is 1. The van der Waals surface area contributed by atoms with Gasteiger partial charge in [0.25, 0.3) is 0 Å². The van der Waals surface area contributed by atoms with Crippen molar-refractivity contribution in [1.29, 1.82) is 0 Å². The average Bonchev–Trinajstić information content (AvgIpc) is 2.42. The third-order valence-electron chi connectivity index (χ3n) is 3.05. The molecule has 5 nitrogen and oxygen atoms in total. The van der Waals surface area contributed by atoms with Crippen LogP contribution in [0.1, 0.15) is 46.0 Å². The van der Waals surface area contributed by atoms with Crippen LogP contribution in [0, 0.1) is 0 Å². The van der Waals surface area contributed by atoms with Gasteiger partial charge in [0.15, 0.2) is 0 Å². The highest BCUT2D eigenvalue weighted by Crippen LogP contribution is 2.20. The first-order chi connectivity index (χ1) is 9.51. The van der Waals surface area contributed by atoms with Gasteiger partial charge in [-0.2, -0.15) is 0 Å². The minimum Gasteiger partial charge on any atom is -0.478 e. The van der Waals surface area contributed by atoms with Crippen molar-refractivity contribution in [2.45, 2.75) is 52.0 Å². The van der Waals surface area contributed by atoms with Crippen LogP contribution in [0.2, 0.25) is 6.04 Å². The fraction of sp³-hybridized carbons (Fsp3) is 0.786. The molecule has 0 radical (unpaired) electrons. The summed E-state index contributed by atoms with van der Waals surface area (Å²) in [6.45, 7) is 8.60. The van der Waals surface area contributed by atoms with Crippen molar-refractivity contribution in [2.75, 3.05) is 20.3 Å². The van der Waals surface area contributed by atoms with E-state index in [0.717, 1.165) is 31.7 Å². The van der Waals surface area contributed by atoms with E-state index in [-0.39, 0.29) is 5.57 Å². The normalized spacial score (nSPS) is 11.6. The Labute approximate surface area is 123 Å². The quantitative estimate of drug-likeness (QED) is 0.321. The van der Waals surface area contributed by atoms with Crippen LogP contribution in [-0.4, -0.2) is 40.2 Å². The standard InChI is InChI=1S/C14H28O5Si/c1-5-18-20(17-4,19-6-2)12-10-8-7-9-11-13(3)14(15)16/h3,5-12H2,1-2,4H3,(H,15,16). The number of aliphatic carboxylic acids is 1. The molecule has 0 aromatic carbocycles. The lowest BCUT2D eigenvalue weighted by atomic mass is 10.1. The molecule has 0 amide bonds. The van der Waals surface area contributed by atoms with Crippen molar-refractivity contribution in [3.8, 4) is 0 Å². The van der Waals surface area contributed by atoms with Crippen LogP contribution in [-0.2, 0) is 18.1 Å². The van der Waals surface area contributed by atoms with Crippen LogP contribution in [0.5, 0.6) is 0 Å². The van der Waals surface area contributed by atoms with E-state index in [4.69, 9.17) is 18.4 Å². The van der Waals surface area contributed by atoms with Crippen LogP contribution in [0.4, 0.5) is 0 Å². The van der Waals surface area contributed by atoms with Gasteiger partial charge >= 0.3 is 14.8 Å².